The van der Waals surface area contributed by atoms with Gasteiger partial charge in [-0.3, -0.25) is 0 Å². The normalized spacial score (nSPS) is 13.6. The van der Waals surface area contributed by atoms with Crippen LogP contribution in [0, 0.1) is 0 Å². The predicted molar refractivity (Wildman–Crippen MR) is 79.8 cm³/mol. The second kappa shape index (κ2) is 6.41. The van der Waals surface area contributed by atoms with Crippen LogP contribution in [0.2, 0.25) is 0 Å². The molecule has 0 spiro atoms. The summed E-state index contributed by atoms with van der Waals surface area (Å²) in [7, 11) is 3.25. The summed E-state index contributed by atoms with van der Waals surface area (Å²) in [5.74, 6) is 1.48. The molecule has 0 saturated heterocycles. The van der Waals surface area contributed by atoms with E-state index in [-0.39, 0.29) is 12.1 Å². The van der Waals surface area contributed by atoms with Gasteiger partial charge >= 0.3 is 0 Å². The van der Waals surface area contributed by atoms with Crippen molar-refractivity contribution in [2.45, 2.75) is 12.1 Å². The molecule has 0 heterocycles. The van der Waals surface area contributed by atoms with Crippen molar-refractivity contribution in [1.29, 1.82) is 0 Å². The van der Waals surface area contributed by atoms with Crippen molar-refractivity contribution >= 4 is 0 Å². The lowest BCUT2D eigenvalue weighted by Crippen LogP contribution is -2.27. The van der Waals surface area contributed by atoms with Crippen molar-refractivity contribution in [3.8, 4) is 11.5 Å². The van der Waals surface area contributed by atoms with Crippen LogP contribution < -0.4 is 20.9 Å². The molecule has 2 rings (SSSR count). The Balaban J connectivity index is 2.35. The Hall–Kier alpha value is -2.04. The van der Waals surface area contributed by atoms with Crippen molar-refractivity contribution in [1.82, 2.24) is 0 Å². The molecular formula is C16H20N2O2. The number of hydrogen-bond donors (Lipinski definition) is 2. The zero-order chi connectivity index (χ0) is 14.5. The molecule has 0 radical (unpaired) electrons. The molecule has 2 aromatic carbocycles. The van der Waals surface area contributed by atoms with E-state index in [1.54, 1.807) is 14.2 Å². The molecule has 0 amide bonds. The van der Waals surface area contributed by atoms with Gasteiger partial charge in [-0.1, -0.05) is 36.4 Å². The van der Waals surface area contributed by atoms with Crippen LogP contribution in [0.4, 0.5) is 0 Å². The highest BCUT2D eigenvalue weighted by Gasteiger charge is 2.22. The minimum atomic E-state index is -0.373. The summed E-state index contributed by atoms with van der Waals surface area (Å²) in [4.78, 5) is 0. The highest BCUT2D eigenvalue weighted by atomic mass is 16.5. The molecule has 0 aliphatic rings. The maximum absolute atomic E-state index is 6.31. The summed E-state index contributed by atoms with van der Waals surface area (Å²) in [5.41, 5.74) is 14.4. The summed E-state index contributed by atoms with van der Waals surface area (Å²) >= 11 is 0. The zero-order valence-corrected chi connectivity index (χ0v) is 11.7. The van der Waals surface area contributed by atoms with Crippen LogP contribution in [-0.2, 0) is 0 Å². The molecule has 0 aromatic heterocycles. The first-order valence-corrected chi connectivity index (χ1v) is 6.46. The lowest BCUT2D eigenvalue weighted by molar-refractivity contribution is 0.391. The SMILES string of the molecule is COc1ccccc1[C@H](N)[C@@H](N)c1ccccc1OC. The number of benzene rings is 2. The topological polar surface area (TPSA) is 70.5 Å². The predicted octanol–water partition coefficient (Wildman–Crippen LogP) is 2.40. The molecule has 0 fully saturated rings. The number of hydrogen-bond acceptors (Lipinski definition) is 4. The van der Waals surface area contributed by atoms with E-state index in [1.165, 1.54) is 0 Å². The number of methoxy groups -OCH3 is 2. The Morgan fingerprint density at radius 2 is 1.05 bits per heavy atom. The van der Waals surface area contributed by atoms with E-state index in [0.717, 1.165) is 22.6 Å². The summed E-state index contributed by atoms with van der Waals surface area (Å²) in [5, 5.41) is 0. The third-order valence-electron chi connectivity index (χ3n) is 3.38. The lowest BCUT2D eigenvalue weighted by Gasteiger charge is -2.23. The van der Waals surface area contributed by atoms with Crippen LogP contribution in [0.1, 0.15) is 23.2 Å². The van der Waals surface area contributed by atoms with Crippen LogP contribution >= 0.6 is 0 Å². The number of rotatable bonds is 5. The lowest BCUT2D eigenvalue weighted by atomic mass is 9.93. The van der Waals surface area contributed by atoms with E-state index in [0.29, 0.717) is 0 Å². The van der Waals surface area contributed by atoms with Crippen molar-refractivity contribution in [2.75, 3.05) is 14.2 Å². The van der Waals surface area contributed by atoms with Gasteiger partial charge in [-0.2, -0.15) is 0 Å². The van der Waals surface area contributed by atoms with Crippen LogP contribution in [0.5, 0.6) is 11.5 Å². The maximum Gasteiger partial charge on any atom is 0.123 e. The first kappa shape index (κ1) is 14.4. The highest BCUT2D eigenvalue weighted by molar-refractivity contribution is 5.41. The summed E-state index contributed by atoms with van der Waals surface area (Å²) < 4.78 is 10.7. The Kier molecular flexibility index (Phi) is 4.61. The third kappa shape index (κ3) is 2.76. The summed E-state index contributed by atoms with van der Waals surface area (Å²) in [6.45, 7) is 0. The fourth-order valence-corrected chi connectivity index (χ4v) is 2.27. The quantitative estimate of drug-likeness (QED) is 0.877. The van der Waals surface area contributed by atoms with Gasteiger partial charge in [0.25, 0.3) is 0 Å². The van der Waals surface area contributed by atoms with Crippen LogP contribution in [0.25, 0.3) is 0 Å². The van der Waals surface area contributed by atoms with Gasteiger partial charge in [0.15, 0.2) is 0 Å². The van der Waals surface area contributed by atoms with Crippen molar-refractivity contribution in [2.24, 2.45) is 11.5 Å². The number of ether oxygens (including phenoxy) is 2. The molecule has 4 heteroatoms. The molecule has 0 aliphatic carbocycles. The number of nitrogens with two attached hydrogens (primary N) is 2. The second-order valence-corrected chi connectivity index (χ2v) is 4.54. The van der Waals surface area contributed by atoms with E-state index < -0.39 is 0 Å². The maximum atomic E-state index is 6.31. The fourth-order valence-electron chi connectivity index (χ4n) is 2.27. The smallest absolute Gasteiger partial charge is 0.123 e. The van der Waals surface area contributed by atoms with Gasteiger partial charge in [0.2, 0.25) is 0 Å². The van der Waals surface area contributed by atoms with Gasteiger partial charge in [-0.15, -0.1) is 0 Å². The van der Waals surface area contributed by atoms with Gasteiger partial charge in [0.05, 0.1) is 26.3 Å². The first-order chi connectivity index (χ1) is 9.69. The van der Waals surface area contributed by atoms with Gasteiger partial charge in [0, 0.05) is 11.1 Å². The second-order valence-electron chi connectivity index (χ2n) is 4.54. The number of para-hydroxylation sites is 2. The Bertz CT molecular complexity index is 520. The summed E-state index contributed by atoms with van der Waals surface area (Å²) in [6, 6.07) is 14.5. The van der Waals surface area contributed by atoms with Gasteiger partial charge < -0.3 is 20.9 Å². The largest absolute Gasteiger partial charge is 0.496 e. The Morgan fingerprint density at radius 1 is 0.700 bits per heavy atom. The molecule has 0 unspecified atom stereocenters. The van der Waals surface area contributed by atoms with Crippen molar-refractivity contribution < 1.29 is 9.47 Å². The molecule has 4 N–H and O–H groups in total. The van der Waals surface area contributed by atoms with E-state index in [1.807, 2.05) is 48.5 Å². The molecule has 0 aliphatic heterocycles. The van der Waals surface area contributed by atoms with Crippen LogP contribution in [0.15, 0.2) is 48.5 Å². The van der Waals surface area contributed by atoms with Crippen LogP contribution in [-0.4, -0.2) is 14.2 Å². The average Bonchev–Trinajstić information content (AvgIpc) is 2.53. The molecule has 4 nitrogen and oxygen atoms in total. The molecule has 2 atom stereocenters. The molecule has 0 saturated carbocycles. The fraction of sp³-hybridized carbons (Fsp3) is 0.250. The third-order valence-corrected chi connectivity index (χ3v) is 3.38. The van der Waals surface area contributed by atoms with Gasteiger partial charge in [-0.25, -0.2) is 0 Å². The van der Waals surface area contributed by atoms with Gasteiger partial charge in [0.1, 0.15) is 11.5 Å². The molecule has 20 heavy (non-hydrogen) atoms. The van der Waals surface area contributed by atoms with E-state index in [9.17, 15) is 0 Å². The molecule has 0 bridgehead atoms. The van der Waals surface area contributed by atoms with Gasteiger partial charge in [-0.05, 0) is 12.1 Å². The molecule has 106 valence electrons. The monoisotopic (exact) mass is 272 g/mol. The van der Waals surface area contributed by atoms with Crippen LogP contribution in [0.3, 0.4) is 0 Å². The van der Waals surface area contributed by atoms with Crippen molar-refractivity contribution in [3.63, 3.8) is 0 Å². The zero-order valence-electron chi connectivity index (χ0n) is 11.7. The Labute approximate surface area is 119 Å². The minimum Gasteiger partial charge on any atom is -0.496 e. The Morgan fingerprint density at radius 3 is 1.40 bits per heavy atom. The standard InChI is InChI=1S/C16H20N2O2/c1-19-13-9-5-3-7-11(13)15(17)16(18)12-8-4-6-10-14(12)20-2/h3-10,15-16H,17-18H2,1-2H3/t15-,16-/m0/s1. The van der Waals surface area contributed by atoms with E-state index >= 15 is 0 Å². The molecular weight excluding hydrogens is 252 g/mol. The van der Waals surface area contributed by atoms with E-state index in [4.69, 9.17) is 20.9 Å². The average molecular weight is 272 g/mol. The van der Waals surface area contributed by atoms with Crippen molar-refractivity contribution in [3.05, 3.63) is 59.7 Å². The minimum absolute atomic E-state index is 0.373. The summed E-state index contributed by atoms with van der Waals surface area (Å²) in [6.07, 6.45) is 0. The highest BCUT2D eigenvalue weighted by Crippen LogP contribution is 2.34. The van der Waals surface area contributed by atoms with E-state index in [2.05, 4.69) is 0 Å². The molecule has 2 aromatic rings. The first-order valence-electron chi connectivity index (χ1n) is 6.46.